The predicted molar refractivity (Wildman–Crippen MR) is 105 cm³/mol. The number of nitrogens with one attached hydrogen (secondary N) is 1. The highest BCUT2D eigenvalue weighted by Gasteiger charge is 2.38. The van der Waals surface area contributed by atoms with Crippen molar-refractivity contribution in [2.75, 3.05) is 0 Å². The van der Waals surface area contributed by atoms with Crippen molar-refractivity contribution in [1.29, 1.82) is 0 Å². The van der Waals surface area contributed by atoms with Gasteiger partial charge in [-0.25, -0.2) is 9.67 Å². The molecule has 1 atom stereocenters. The summed E-state index contributed by atoms with van der Waals surface area (Å²) in [7, 11) is 0. The van der Waals surface area contributed by atoms with Crippen LogP contribution in [0.5, 0.6) is 0 Å². The van der Waals surface area contributed by atoms with E-state index < -0.39 is 0 Å². The van der Waals surface area contributed by atoms with Crippen LogP contribution < -0.4 is 5.56 Å². The van der Waals surface area contributed by atoms with E-state index in [0.717, 1.165) is 37.1 Å². The molecule has 2 aliphatic rings. The van der Waals surface area contributed by atoms with Crippen LogP contribution in [0.2, 0.25) is 0 Å². The van der Waals surface area contributed by atoms with Gasteiger partial charge >= 0.3 is 0 Å². The first-order chi connectivity index (χ1) is 13.3. The molecule has 5 rings (SSSR count). The van der Waals surface area contributed by atoms with Crippen molar-refractivity contribution < 1.29 is 0 Å². The van der Waals surface area contributed by atoms with Crippen LogP contribution in [0.25, 0.3) is 5.82 Å². The molecule has 138 valence electrons. The van der Waals surface area contributed by atoms with Gasteiger partial charge in [-0.15, -0.1) is 0 Å². The molecule has 5 heteroatoms. The molecule has 0 saturated heterocycles. The topological polar surface area (TPSA) is 53.9 Å². The largest absolute Gasteiger partial charge is 0.293 e. The van der Waals surface area contributed by atoms with Crippen molar-refractivity contribution in [2.24, 2.45) is 0 Å². The van der Waals surface area contributed by atoms with Crippen molar-refractivity contribution in [2.45, 2.75) is 50.7 Å². The molecule has 0 bridgehead atoms. The number of aryl methyl sites for hydroxylation is 1. The number of benzene rings is 1. The summed E-state index contributed by atoms with van der Waals surface area (Å²) in [5, 5.41) is 3.34. The second-order valence-corrected chi connectivity index (χ2v) is 7.63. The molecule has 0 radical (unpaired) electrons. The Labute approximate surface area is 158 Å². The summed E-state index contributed by atoms with van der Waals surface area (Å²) in [6.45, 7) is 0.907. The lowest BCUT2D eigenvalue weighted by Gasteiger charge is -2.34. The fourth-order valence-corrected chi connectivity index (χ4v) is 4.32. The molecule has 3 aromatic rings. The molecule has 1 unspecified atom stereocenters. The van der Waals surface area contributed by atoms with Crippen LogP contribution in [-0.4, -0.2) is 25.7 Å². The molecule has 27 heavy (non-hydrogen) atoms. The van der Waals surface area contributed by atoms with Crippen molar-refractivity contribution >= 4 is 0 Å². The van der Waals surface area contributed by atoms with Gasteiger partial charge in [-0.05, 0) is 49.8 Å². The van der Waals surface area contributed by atoms with E-state index in [1.54, 1.807) is 10.9 Å². The fraction of sp³-hybridized carbons (Fsp3) is 0.364. The highest BCUT2D eigenvalue weighted by Crippen LogP contribution is 2.40. The van der Waals surface area contributed by atoms with E-state index in [4.69, 9.17) is 0 Å². The smallest absolute Gasteiger partial charge is 0.277 e. The molecule has 1 fully saturated rings. The van der Waals surface area contributed by atoms with Crippen LogP contribution in [0.1, 0.15) is 48.5 Å². The number of H-pyrrole nitrogens is 1. The summed E-state index contributed by atoms with van der Waals surface area (Å²) in [5.41, 5.74) is 3.42. The SMILES string of the molecule is O=c1c2c([nH]n1-c1ccccn1)CCCC2N(Cc1ccccc1)C1CC1. The number of nitrogens with zero attached hydrogens (tertiary/aromatic N) is 3. The summed E-state index contributed by atoms with van der Waals surface area (Å²) < 4.78 is 1.62. The van der Waals surface area contributed by atoms with Crippen LogP contribution in [0, 0.1) is 0 Å². The summed E-state index contributed by atoms with van der Waals surface area (Å²) in [6, 6.07) is 17.1. The minimum absolute atomic E-state index is 0.0621. The third-order valence-electron chi connectivity index (χ3n) is 5.75. The van der Waals surface area contributed by atoms with Gasteiger partial charge in [0.05, 0.1) is 5.56 Å². The Morgan fingerprint density at radius 3 is 2.63 bits per heavy atom. The molecule has 0 aliphatic heterocycles. The lowest BCUT2D eigenvalue weighted by atomic mass is 9.91. The first-order valence-corrected chi connectivity index (χ1v) is 9.86. The van der Waals surface area contributed by atoms with E-state index >= 15 is 0 Å². The van der Waals surface area contributed by atoms with E-state index in [2.05, 4.69) is 45.3 Å². The maximum atomic E-state index is 13.3. The van der Waals surface area contributed by atoms with Crippen LogP contribution in [0.3, 0.4) is 0 Å². The average Bonchev–Trinajstić information content (AvgIpc) is 3.51. The predicted octanol–water partition coefficient (Wildman–Crippen LogP) is 3.60. The van der Waals surface area contributed by atoms with Gasteiger partial charge in [-0.2, -0.15) is 0 Å². The molecule has 0 amide bonds. The maximum absolute atomic E-state index is 13.3. The second-order valence-electron chi connectivity index (χ2n) is 7.63. The van der Waals surface area contributed by atoms with Gasteiger partial charge in [-0.1, -0.05) is 36.4 Å². The van der Waals surface area contributed by atoms with Gasteiger partial charge in [0.15, 0.2) is 5.82 Å². The number of fused-ring (bicyclic) bond motifs is 1. The Hall–Kier alpha value is -2.66. The van der Waals surface area contributed by atoms with Gasteiger partial charge in [-0.3, -0.25) is 14.8 Å². The number of aromatic nitrogens is 3. The van der Waals surface area contributed by atoms with Crippen molar-refractivity contribution in [1.82, 2.24) is 19.7 Å². The van der Waals surface area contributed by atoms with E-state index in [0.29, 0.717) is 11.9 Å². The minimum atomic E-state index is 0.0621. The molecular weight excluding hydrogens is 336 g/mol. The zero-order valence-electron chi connectivity index (χ0n) is 15.3. The van der Waals surface area contributed by atoms with Gasteiger partial charge in [0, 0.05) is 30.5 Å². The van der Waals surface area contributed by atoms with Crippen LogP contribution >= 0.6 is 0 Å². The number of hydrogen-bond donors (Lipinski definition) is 1. The van der Waals surface area contributed by atoms with Gasteiger partial charge in [0.25, 0.3) is 5.56 Å². The van der Waals surface area contributed by atoms with Crippen molar-refractivity contribution in [3.63, 3.8) is 0 Å². The highest BCUT2D eigenvalue weighted by atomic mass is 16.1. The molecule has 0 spiro atoms. The van der Waals surface area contributed by atoms with Crippen LogP contribution in [0.4, 0.5) is 0 Å². The zero-order chi connectivity index (χ0) is 18.2. The average molecular weight is 360 g/mol. The van der Waals surface area contributed by atoms with E-state index in [1.165, 1.54) is 18.4 Å². The van der Waals surface area contributed by atoms with E-state index in [1.807, 2.05) is 18.2 Å². The molecule has 1 aromatic carbocycles. The quantitative estimate of drug-likeness (QED) is 0.756. The van der Waals surface area contributed by atoms with Crippen LogP contribution in [0.15, 0.2) is 59.5 Å². The second kappa shape index (κ2) is 6.82. The lowest BCUT2D eigenvalue weighted by molar-refractivity contribution is 0.159. The first-order valence-electron chi connectivity index (χ1n) is 9.86. The van der Waals surface area contributed by atoms with Crippen molar-refractivity contribution in [3.05, 3.63) is 81.9 Å². The Morgan fingerprint density at radius 1 is 1.07 bits per heavy atom. The third-order valence-corrected chi connectivity index (χ3v) is 5.75. The standard InChI is InChI=1S/C22H24N4O/c27-22-21-18(24-26(22)20-11-4-5-14-23-20)9-6-10-19(21)25(17-12-13-17)15-16-7-2-1-3-8-16/h1-5,7-8,11,14,17,19,24H,6,9-10,12-13,15H2. The maximum Gasteiger partial charge on any atom is 0.277 e. The molecular formula is C22H24N4O. The minimum Gasteiger partial charge on any atom is -0.293 e. The molecule has 2 heterocycles. The summed E-state index contributed by atoms with van der Waals surface area (Å²) in [6.07, 6.45) is 7.29. The zero-order valence-corrected chi connectivity index (χ0v) is 15.3. The molecule has 2 aliphatic carbocycles. The Balaban J connectivity index is 1.53. The molecule has 1 saturated carbocycles. The third kappa shape index (κ3) is 3.12. The number of hydrogen-bond acceptors (Lipinski definition) is 3. The van der Waals surface area contributed by atoms with Gasteiger partial charge in [0.2, 0.25) is 0 Å². The van der Waals surface area contributed by atoms with Crippen molar-refractivity contribution in [3.8, 4) is 5.82 Å². The monoisotopic (exact) mass is 360 g/mol. The molecule has 1 N–H and O–H groups in total. The lowest BCUT2D eigenvalue weighted by Crippen LogP contribution is -2.35. The Bertz CT molecular complexity index is 973. The number of rotatable bonds is 5. The fourth-order valence-electron chi connectivity index (χ4n) is 4.32. The molecule has 5 nitrogen and oxygen atoms in total. The van der Waals surface area contributed by atoms with Gasteiger partial charge in [0.1, 0.15) is 0 Å². The number of pyridine rings is 1. The Kier molecular flexibility index (Phi) is 4.17. The normalized spacial score (nSPS) is 19.2. The first kappa shape index (κ1) is 16.5. The highest BCUT2D eigenvalue weighted by molar-refractivity contribution is 5.31. The summed E-state index contributed by atoms with van der Waals surface area (Å²) in [5.74, 6) is 0.664. The Morgan fingerprint density at radius 2 is 1.89 bits per heavy atom. The number of aromatic amines is 1. The summed E-state index contributed by atoms with van der Waals surface area (Å²) >= 11 is 0. The molecule has 2 aromatic heterocycles. The van der Waals surface area contributed by atoms with Gasteiger partial charge < -0.3 is 0 Å². The summed E-state index contributed by atoms with van der Waals surface area (Å²) in [4.78, 5) is 20.2. The van der Waals surface area contributed by atoms with E-state index in [-0.39, 0.29) is 11.6 Å². The van der Waals surface area contributed by atoms with Crippen LogP contribution in [-0.2, 0) is 13.0 Å². The van der Waals surface area contributed by atoms with E-state index in [9.17, 15) is 4.79 Å².